The van der Waals surface area contributed by atoms with Gasteiger partial charge in [-0.25, -0.2) is 0 Å². The normalized spacial score (nSPS) is 15.7. The number of ether oxygens (including phenoxy) is 2. The van der Waals surface area contributed by atoms with E-state index < -0.39 is 16.7 Å². The van der Waals surface area contributed by atoms with Crippen LogP contribution in [0.2, 0.25) is 0 Å². The van der Waals surface area contributed by atoms with Gasteiger partial charge in [-0.1, -0.05) is 6.07 Å². The predicted octanol–water partition coefficient (Wildman–Crippen LogP) is 4.05. The molecule has 2 aromatic heterocycles. The van der Waals surface area contributed by atoms with E-state index in [1.54, 1.807) is 19.1 Å². The molecule has 3 heterocycles. The van der Waals surface area contributed by atoms with Crippen molar-refractivity contribution < 1.29 is 23.6 Å². The molecule has 0 saturated carbocycles. The highest BCUT2D eigenvalue weighted by Gasteiger charge is 2.36. The van der Waals surface area contributed by atoms with Gasteiger partial charge in [0.25, 0.3) is 5.91 Å². The highest BCUT2D eigenvalue weighted by atomic mass is 32.1. The number of rotatable bonds is 5. The van der Waals surface area contributed by atoms with Crippen molar-refractivity contribution >= 4 is 23.1 Å². The number of amides is 1. The van der Waals surface area contributed by atoms with Crippen molar-refractivity contribution in [1.29, 1.82) is 0 Å². The number of fused-ring (bicyclic) bond motifs is 1. The number of hydrogen-bond acceptors (Lipinski definition) is 7. The second-order valence-electron chi connectivity index (χ2n) is 6.47. The second kappa shape index (κ2) is 7.59. The summed E-state index contributed by atoms with van der Waals surface area (Å²) in [6.07, 6.45) is 0.617. The Labute approximate surface area is 170 Å². The van der Waals surface area contributed by atoms with Gasteiger partial charge in [0.1, 0.15) is 4.92 Å². The van der Waals surface area contributed by atoms with Gasteiger partial charge in [0.05, 0.1) is 26.3 Å². The van der Waals surface area contributed by atoms with E-state index in [4.69, 9.17) is 13.9 Å². The zero-order valence-corrected chi connectivity index (χ0v) is 16.6. The molecule has 0 radical (unpaired) electrons. The van der Waals surface area contributed by atoms with Crippen molar-refractivity contribution in [2.24, 2.45) is 0 Å². The molecule has 0 fully saturated rings. The lowest BCUT2D eigenvalue weighted by atomic mass is 9.90. The monoisotopic (exact) mass is 414 g/mol. The average Bonchev–Trinajstić information content (AvgIpc) is 3.43. The number of carbonyl (C=O) groups excluding carboxylic acids is 1. The summed E-state index contributed by atoms with van der Waals surface area (Å²) in [7, 11) is 3.15. The lowest BCUT2D eigenvalue weighted by molar-refractivity contribution is -0.402. The predicted molar refractivity (Wildman–Crippen MR) is 106 cm³/mol. The summed E-state index contributed by atoms with van der Waals surface area (Å²) >= 11 is 1.54. The van der Waals surface area contributed by atoms with Crippen LogP contribution in [0, 0.1) is 10.1 Å². The average molecular weight is 414 g/mol. The molecule has 0 aliphatic carbocycles. The first-order valence-electron chi connectivity index (χ1n) is 8.87. The lowest BCUT2D eigenvalue weighted by Crippen LogP contribution is -2.40. The molecule has 4 rings (SSSR count). The van der Waals surface area contributed by atoms with E-state index in [1.165, 1.54) is 23.5 Å². The first-order chi connectivity index (χ1) is 14.0. The third-order valence-electron chi connectivity index (χ3n) is 4.93. The maximum absolute atomic E-state index is 13.2. The van der Waals surface area contributed by atoms with Gasteiger partial charge in [-0.15, -0.1) is 11.3 Å². The van der Waals surface area contributed by atoms with Crippen molar-refractivity contribution in [3.63, 3.8) is 0 Å². The number of nitrogens with zero attached hydrogens (tertiary/aromatic N) is 2. The van der Waals surface area contributed by atoms with E-state index in [0.717, 1.165) is 16.0 Å². The minimum Gasteiger partial charge on any atom is -0.493 e. The molecular weight excluding hydrogens is 396 g/mol. The van der Waals surface area contributed by atoms with Crippen LogP contribution in [0.25, 0.3) is 0 Å². The van der Waals surface area contributed by atoms with Crippen molar-refractivity contribution in [2.75, 3.05) is 20.8 Å². The first kappa shape index (κ1) is 19.0. The topological polar surface area (TPSA) is 95.0 Å². The van der Waals surface area contributed by atoms with E-state index in [-0.39, 0.29) is 11.8 Å². The molecule has 1 amide bonds. The molecule has 1 aromatic carbocycles. The summed E-state index contributed by atoms with van der Waals surface area (Å²) in [5.41, 5.74) is 2.00. The summed E-state index contributed by atoms with van der Waals surface area (Å²) in [5, 5.41) is 12.9. The molecule has 29 heavy (non-hydrogen) atoms. The Morgan fingerprint density at radius 2 is 2.00 bits per heavy atom. The Kier molecular flexibility index (Phi) is 4.98. The van der Waals surface area contributed by atoms with Gasteiger partial charge in [-0.05, 0) is 47.2 Å². The van der Waals surface area contributed by atoms with Gasteiger partial charge in [0, 0.05) is 11.4 Å². The van der Waals surface area contributed by atoms with Crippen LogP contribution in [0.3, 0.4) is 0 Å². The molecule has 1 aliphatic rings. The molecule has 3 aromatic rings. The molecule has 0 unspecified atom stereocenters. The molecule has 1 atom stereocenters. The second-order valence-corrected chi connectivity index (χ2v) is 7.45. The Morgan fingerprint density at radius 3 is 2.62 bits per heavy atom. The zero-order chi connectivity index (χ0) is 20.5. The van der Waals surface area contributed by atoms with E-state index in [0.29, 0.717) is 24.5 Å². The summed E-state index contributed by atoms with van der Waals surface area (Å²) in [6.45, 7) is 0.443. The molecule has 0 bridgehead atoms. The molecule has 0 spiro atoms. The van der Waals surface area contributed by atoms with E-state index >= 15 is 0 Å². The van der Waals surface area contributed by atoms with Gasteiger partial charge >= 0.3 is 5.88 Å². The minimum absolute atomic E-state index is 0.0535. The first-order valence-corrected chi connectivity index (χ1v) is 9.75. The van der Waals surface area contributed by atoms with Crippen LogP contribution in [-0.4, -0.2) is 36.5 Å². The smallest absolute Gasteiger partial charge is 0.433 e. The number of thiophene rings is 1. The Balaban J connectivity index is 1.79. The third kappa shape index (κ3) is 3.33. The van der Waals surface area contributed by atoms with Gasteiger partial charge in [0.15, 0.2) is 17.3 Å². The Bertz CT molecular complexity index is 1060. The fourth-order valence-electron chi connectivity index (χ4n) is 3.60. The summed E-state index contributed by atoms with van der Waals surface area (Å²) in [6, 6.07) is 9.91. The lowest BCUT2D eigenvalue weighted by Gasteiger charge is -2.37. The SMILES string of the molecule is COc1cc2c(cc1OC)[C@@H](c1cccs1)N(C(=O)c1ccc([N+](=O)[O-])o1)CC2. The highest BCUT2D eigenvalue weighted by Crippen LogP contribution is 2.42. The van der Waals surface area contributed by atoms with E-state index in [9.17, 15) is 14.9 Å². The van der Waals surface area contributed by atoms with Crippen LogP contribution in [0.15, 0.2) is 46.2 Å². The van der Waals surface area contributed by atoms with Crippen LogP contribution < -0.4 is 9.47 Å². The molecule has 8 nitrogen and oxygen atoms in total. The van der Waals surface area contributed by atoms with Crippen LogP contribution >= 0.6 is 11.3 Å². The maximum Gasteiger partial charge on any atom is 0.433 e. The standard InChI is InChI=1S/C20H18N2O6S/c1-26-15-10-12-7-8-21(20(23)14-5-6-18(28-14)22(24)25)19(17-4-3-9-29-17)13(12)11-16(15)27-2/h3-6,9-11,19H,7-8H2,1-2H3/t19-/m0/s1. The molecule has 1 aliphatic heterocycles. The summed E-state index contributed by atoms with van der Waals surface area (Å²) < 4.78 is 16.0. The van der Waals surface area contributed by atoms with Gasteiger partial charge in [0.2, 0.25) is 0 Å². The fourth-order valence-corrected chi connectivity index (χ4v) is 4.46. The number of hydrogen-bond donors (Lipinski definition) is 0. The van der Waals surface area contributed by atoms with Crippen LogP contribution in [0.1, 0.15) is 32.6 Å². The Morgan fingerprint density at radius 1 is 1.24 bits per heavy atom. The van der Waals surface area contributed by atoms with E-state index in [1.807, 2.05) is 29.6 Å². The molecular formula is C20H18N2O6S. The maximum atomic E-state index is 13.2. The van der Waals surface area contributed by atoms with Gasteiger partial charge in [-0.3, -0.25) is 14.9 Å². The zero-order valence-electron chi connectivity index (χ0n) is 15.8. The number of carbonyl (C=O) groups is 1. The van der Waals surface area contributed by atoms with Crippen LogP contribution in [0.4, 0.5) is 5.88 Å². The largest absolute Gasteiger partial charge is 0.493 e. The van der Waals surface area contributed by atoms with Gasteiger partial charge in [-0.2, -0.15) is 0 Å². The molecule has 150 valence electrons. The fraction of sp³-hybridized carbons (Fsp3) is 0.250. The van der Waals surface area contributed by atoms with Crippen LogP contribution in [0.5, 0.6) is 11.5 Å². The van der Waals surface area contributed by atoms with E-state index in [2.05, 4.69) is 0 Å². The van der Waals surface area contributed by atoms with Crippen molar-refractivity contribution in [1.82, 2.24) is 4.90 Å². The minimum atomic E-state index is -0.657. The number of methoxy groups -OCH3 is 2. The Hall–Kier alpha value is -3.33. The number of nitro groups is 1. The van der Waals surface area contributed by atoms with Gasteiger partial charge < -0.3 is 18.8 Å². The number of benzene rings is 1. The van der Waals surface area contributed by atoms with Crippen molar-refractivity contribution in [2.45, 2.75) is 12.5 Å². The molecule has 0 saturated heterocycles. The highest BCUT2D eigenvalue weighted by molar-refractivity contribution is 7.10. The number of furan rings is 1. The van der Waals surface area contributed by atoms with Crippen LogP contribution in [-0.2, 0) is 6.42 Å². The summed E-state index contributed by atoms with van der Waals surface area (Å²) in [5.74, 6) is 0.317. The van der Waals surface area contributed by atoms with Crippen molar-refractivity contribution in [3.05, 3.63) is 73.7 Å². The van der Waals surface area contributed by atoms with Crippen molar-refractivity contribution in [3.8, 4) is 11.5 Å². The third-order valence-corrected chi connectivity index (χ3v) is 5.85. The summed E-state index contributed by atoms with van der Waals surface area (Å²) in [4.78, 5) is 26.1. The molecule has 9 heteroatoms. The molecule has 0 N–H and O–H groups in total. The quantitative estimate of drug-likeness (QED) is 0.462.